The lowest BCUT2D eigenvalue weighted by molar-refractivity contribution is -0.244. The quantitative estimate of drug-likeness (QED) is 0.423. The van der Waals surface area contributed by atoms with Crippen molar-refractivity contribution >= 4 is 0 Å². The van der Waals surface area contributed by atoms with E-state index in [0.29, 0.717) is 22.2 Å². The van der Waals surface area contributed by atoms with E-state index in [4.69, 9.17) is 6.42 Å². The summed E-state index contributed by atoms with van der Waals surface area (Å²) in [6, 6.07) is 0. The molecule has 0 aromatic carbocycles. The summed E-state index contributed by atoms with van der Waals surface area (Å²) in [6.07, 6.45) is 19.0. The smallest absolute Gasteiger partial charge is 0.0594 e. The van der Waals surface area contributed by atoms with Crippen LogP contribution in [0, 0.1) is 69.0 Å². The van der Waals surface area contributed by atoms with Crippen molar-refractivity contribution in [2.75, 3.05) is 0 Å². The summed E-state index contributed by atoms with van der Waals surface area (Å²) in [5.74, 6) is 7.19. The van der Waals surface area contributed by atoms with E-state index in [2.05, 4.69) is 47.5 Å². The molecule has 5 fully saturated rings. The molecule has 1 nitrogen and oxygen atoms in total. The minimum Gasteiger partial charge on any atom is -0.393 e. The summed E-state index contributed by atoms with van der Waals surface area (Å²) in [6.45, 7) is 15.3. The van der Waals surface area contributed by atoms with Crippen LogP contribution in [-0.4, -0.2) is 11.2 Å². The Kier molecular flexibility index (Phi) is 4.49. The maximum atomic E-state index is 10.9. The zero-order valence-corrected chi connectivity index (χ0v) is 20.6. The van der Waals surface area contributed by atoms with Crippen molar-refractivity contribution in [2.45, 2.75) is 112 Å². The van der Waals surface area contributed by atoms with Gasteiger partial charge in [0, 0.05) is 5.41 Å². The normalized spacial score (nSPS) is 59.3. The first kappa shape index (κ1) is 21.4. The van der Waals surface area contributed by atoms with Crippen LogP contribution in [0.4, 0.5) is 0 Å². The Morgan fingerprint density at radius 3 is 2.20 bits per heavy atom. The second-order valence-electron chi connectivity index (χ2n) is 13.9. The Morgan fingerprint density at radius 2 is 1.50 bits per heavy atom. The molecule has 5 aliphatic rings. The van der Waals surface area contributed by atoms with Crippen molar-refractivity contribution in [3.8, 4) is 12.3 Å². The van der Waals surface area contributed by atoms with Crippen LogP contribution in [0.5, 0.6) is 0 Å². The van der Waals surface area contributed by atoms with E-state index < -0.39 is 0 Å². The fourth-order valence-corrected chi connectivity index (χ4v) is 11.2. The van der Waals surface area contributed by atoms with Gasteiger partial charge in [-0.2, -0.15) is 0 Å². The molecule has 0 radical (unpaired) electrons. The molecule has 0 amide bonds. The van der Waals surface area contributed by atoms with E-state index in [9.17, 15) is 5.11 Å². The molecule has 168 valence electrons. The van der Waals surface area contributed by atoms with Crippen LogP contribution in [0.2, 0.25) is 0 Å². The fourth-order valence-electron chi connectivity index (χ4n) is 11.2. The van der Waals surface area contributed by atoms with E-state index in [1.165, 1.54) is 57.8 Å². The highest BCUT2D eigenvalue weighted by molar-refractivity contribution is 5.23. The van der Waals surface area contributed by atoms with Gasteiger partial charge in [-0.15, -0.1) is 6.42 Å². The van der Waals surface area contributed by atoms with Crippen LogP contribution in [-0.2, 0) is 0 Å². The molecule has 0 spiro atoms. The minimum absolute atomic E-state index is 0.0528. The number of aliphatic hydroxyl groups excluding tert-OH is 1. The lowest BCUT2D eigenvalue weighted by Gasteiger charge is -2.72. The van der Waals surface area contributed by atoms with Crippen molar-refractivity contribution < 1.29 is 5.11 Å². The van der Waals surface area contributed by atoms with Gasteiger partial charge in [0.25, 0.3) is 0 Å². The van der Waals surface area contributed by atoms with Crippen LogP contribution < -0.4 is 0 Å². The number of fused-ring (bicyclic) bond motifs is 7. The topological polar surface area (TPSA) is 20.2 Å². The minimum atomic E-state index is -0.128. The highest BCUT2D eigenvalue weighted by Gasteiger charge is 2.70. The van der Waals surface area contributed by atoms with Crippen molar-refractivity contribution in [3.05, 3.63) is 0 Å². The molecule has 0 bridgehead atoms. The van der Waals surface area contributed by atoms with Crippen molar-refractivity contribution in [1.82, 2.24) is 0 Å². The molecule has 5 saturated carbocycles. The molecule has 1 unspecified atom stereocenters. The Labute approximate surface area is 186 Å². The molecule has 0 aromatic rings. The van der Waals surface area contributed by atoms with Crippen molar-refractivity contribution in [2.24, 2.45) is 56.7 Å². The van der Waals surface area contributed by atoms with Gasteiger partial charge in [0.2, 0.25) is 0 Å². The number of rotatable bonds is 0. The van der Waals surface area contributed by atoms with E-state index in [-0.39, 0.29) is 16.9 Å². The number of hydrogen-bond donors (Lipinski definition) is 1. The monoisotopic (exact) mass is 410 g/mol. The third kappa shape index (κ3) is 2.31. The standard InChI is InChI=1S/C29H46O/c1-8-29-16-11-19(2)24(29)20-9-10-22-26(5)14-13-23(30)25(3,4)21(26)12-15-28(22,7)27(20,6)17-18-29/h1,19-24,30H,9-18H2,2-7H3/t19-,20-,21?,22-,23+,24-,26+,27-,28-,29-/m1/s1. The molecule has 5 aliphatic carbocycles. The van der Waals surface area contributed by atoms with Crippen LogP contribution in [0.25, 0.3) is 0 Å². The van der Waals surface area contributed by atoms with Gasteiger partial charge in [-0.25, -0.2) is 0 Å². The zero-order valence-electron chi connectivity index (χ0n) is 20.6. The molecule has 0 aromatic heterocycles. The third-order valence-electron chi connectivity index (χ3n) is 13.0. The lowest BCUT2D eigenvalue weighted by atomic mass is 9.32. The molecule has 0 saturated heterocycles. The van der Waals surface area contributed by atoms with Crippen LogP contribution in [0.1, 0.15) is 106 Å². The number of terminal acetylenes is 1. The van der Waals surface area contributed by atoms with Crippen molar-refractivity contribution in [1.29, 1.82) is 0 Å². The van der Waals surface area contributed by atoms with E-state index in [1.807, 2.05) is 0 Å². The molecule has 30 heavy (non-hydrogen) atoms. The van der Waals surface area contributed by atoms with Gasteiger partial charge < -0.3 is 5.11 Å². The van der Waals surface area contributed by atoms with Gasteiger partial charge in [-0.05, 0) is 115 Å². The SMILES string of the molecule is C#C[C@]12CC[C@@H](C)[C@@H]1[C@H]1CC[C@@H]3[C@@]4(C)CC[C@H](O)C(C)(C)C4CC[C@@]3(C)[C@]1(C)CC2. The Morgan fingerprint density at radius 1 is 0.767 bits per heavy atom. The maximum Gasteiger partial charge on any atom is 0.0594 e. The molecule has 0 heterocycles. The summed E-state index contributed by atoms with van der Waals surface area (Å²) in [5, 5.41) is 10.9. The molecule has 0 aliphatic heterocycles. The summed E-state index contributed by atoms with van der Waals surface area (Å²) >= 11 is 0. The van der Waals surface area contributed by atoms with E-state index in [1.54, 1.807) is 0 Å². The third-order valence-corrected chi connectivity index (χ3v) is 13.0. The number of aliphatic hydroxyl groups is 1. The molecular formula is C29H46O. The van der Waals surface area contributed by atoms with Gasteiger partial charge in [0.1, 0.15) is 0 Å². The summed E-state index contributed by atoms with van der Waals surface area (Å²) in [7, 11) is 0. The van der Waals surface area contributed by atoms with Crippen LogP contribution in [0.15, 0.2) is 0 Å². The number of hydrogen-bond acceptors (Lipinski definition) is 1. The van der Waals surface area contributed by atoms with Gasteiger partial charge in [0.05, 0.1) is 6.10 Å². The molecule has 1 N–H and O–H groups in total. The average molecular weight is 411 g/mol. The zero-order chi connectivity index (χ0) is 21.7. The average Bonchev–Trinajstić information content (AvgIpc) is 3.03. The first-order valence-corrected chi connectivity index (χ1v) is 13.1. The Hall–Kier alpha value is -0.480. The second-order valence-corrected chi connectivity index (χ2v) is 13.9. The van der Waals surface area contributed by atoms with E-state index >= 15 is 0 Å². The summed E-state index contributed by atoms with van der Waals surface area (Å²) in [5.41, 5.74) is 1.48. The largest absolute Gasteiger partial charge is 0.393 e. The molecule has 5 rings (SSSR count). The summed E-state index contributed by atoms with van der Waals surface area (Å²) < 4.78 is 0. The molecular weight excluding hydrogens is 364 g/mol. The molecule has 1 heteroatoms. The van der Waals surface area contributed by atoms with E-state index in [0.717, 1.165) is 30.1 Å². The highest BCUT2D eigenvalue weighted by Crippen LogP contribution is 2.77. The first-order valence-electron chi connectivity index (χ1n) is 13.1. The lowest BCUT2D eigenvalue weighted by Crippen LogP contribution is -2.66. The Balaban J connectivity index is 1.55. The summed E-state index contributed by atoms with van der Waals surface area (Å²) in [4.78, 5) is 0. The van der Waals surface area contributed by atoms with Crippen LogP contribution in [0.3, 0.4) is 0 Å². The van der Waals surface area contributed by atoms with Crippen molar-refractivity contribution in [3.63, 3.8) is 0 Å². The fraction of sp³-hybridized carbons (Fsp3) is 0.931. The van der Waals surface area contributed by atoms with Gasteiger partial charge >= 0.3 is 0 Å². The predicted molar refractivity (Wildman–Crippen MR) is 125 cm³/mol. The van der Waals surface area contributed by atoms with Gasteiger partial charge in [-0.3, -0.25) is 0 Å². The maximum absolute atomic E-state index is 10.9. The van der Waals surface area contributed by atoms with Gasteiger partial charge in [0.15, 0.2) is 0 Å². The van der Waals surface area contributed by atoms with Crippen LogP contribution >= 0.6 is 0 Å². The first-order chi connectivity index (χ1) is 14.0. The Bertz CT molecular complexity index is 761. The van der Waals surface area contributed by atoms with Gasteiger partial charge in [-0.1, -0.05) is 47.5 Å². The predicted octanol–water partition coefficient (Wildman–Crippen LogP) is 7.08. The molecule has 10 atom stereocenters. The second kappa shape index (κ2) is 6.31. The highest BCUT2D eigenvalue weighted by atomic mass is 16.3.